The van der Waals surface area contributed by atoms with E-state index in [1.807, 2.05) is 37.3 Å². The summed E-state index contributed by atoms with van der Waals surface area (Å²) in [5.41, 5.74) is 2.10. The topological polar surface area (TPSA) is 17.1 Å². The molecule has 11 heavy (non-hydrogen) atoms. The van der Waals surface area contributed by atoms with Gasteiger partial charge in [-0.25, -0.2) is 0 Å². The number of benzene rings is 1. The Labute approximate surface area is 66.4 Å². The van der Waals surface area contributed by atoms with Gasteiger partial charge in [0.05, 0.1) is 0 Å². The standard InChI is InChI=1S/C10H10O/c1-9(7-8-11)10-5-3-2-4-6-10/h2-8H,1H3. The molecule has 0 aliphatic carbocycles. The summed E-state index contributed by atoms with van der Waals surface area (Å²) in [6, 6.07) is 9.83. The summed E-state index contributed by atoms with van der Waals surface area (Å²) < 4.78 is 0. The Morgan fingerprint density at radius 2 is 1.91 bits per heavy atom. The first-order valence-electron chi connectivity index (χ1n) is 3.52. The maximum atomic E-state index is 10.1. The fraction of sp³-hybridized carbons (Fsp3) is 0.100. The van der Waals surface area contributed by atoms with Gasteiger partial charge in [-0.2, -0.15) is 0 Å². The van der Waals surface area contributed by atoms with Crippen molar-refractivity contribution >= 4 is 11.9 Å². The average molecular weight is 146 g/mol. The van der Waals surface area contributed by atoms with Crippen molar-refractivity contribution in [1.29, 1.82) is 0 Å². The molecule has 0 amide bonds. The van der Waals surface area contributed by atoms with Gasteiger partial charge in [0.25, 0.3) is 0 Å². The minimum absolute atomic E-state index is 0.808. The van der Waals surface area contributed by atoms with Gasteiger partial charge in [-0.1, -0.05) is 30.3 Å². The van der Waals surface area contributed by atoms with E-state index in [2.05, 4.69) is 0 Å². The van der Waals surface area contributed by atoms with Crippen LogP contribution in [0.3, 0.4) is 0 Å². The minimum atomic E-state index is 0.808. The number of carbonyl (C=O) groups excluding carboxylic acids is 1. The molecule has 1 aromatic carbocycles. The van der Waals surface area contributed by atoms with Gasteiger partial charge in [0.15, 0.2) is 0 Å². The zero-order chi connectivity index (χ0) is 8.10. The molecular weight excluding hydrogens is 136 g/mol. The molecule has 1 heteroatoms. The highest BCUT2D eigenvalue weighted by Gasteiger charge is 1.90. The van der Waals surface area contributed by atoms with Crippen LogP contribution in [0, 0.1) is 0 Å². The fourth-order valence-electron chi connectivity index (χ4n) is 0.899. The lowest BCUT2D eigenvalue weighted by Gasteiger charge is -1.96. The van der Waals surface area contributed by atoms with Gasteiger partial charge in [0, 0.05) is 0 Å². The van der Waals surface area contributed by atoms with E-state index in [4.69, 9.17) is 0 Å². The van der Waals surface area contributed by atoms with Crippen molar-refractivity contribution in [1.82, 2.24) is 0 Å². The highest BCUT2D eigenvalue weighted by atomic mass is 16.1. The van der Waals surface area contributed by atoms with Gasteiger partial charge in [-0.3, -0.25) is 4.79 Å². The molecule has 0 aliphatic heterocycles. The Kier molecular flexibility index (Phi) is 2.61. The normalized spacial score (nSPS) is 11.2. The molecular formula is C10H10O. The molecule has 0 aromatic heterocycles. The predicted octanol–water partition coefficient (Wildman–Crippen LogP) is 2.29. The minimum Gasteiger partial charge on any atom is -0.299 e. The quantitative estimate of drug-likeness (QED) is 0.462. The van der Waals surface area contributed by atoms with Gasteiger partial charge in [0.2, 0.25) is 0 Å². The van der Waals surface area contributed by atoms with Crippen LogP contribution in [0.15, 0.2) is 36.4 Å². The van der Waals surface area contributed by atoms with Crippen molar-refractivity contribution < 1.29 is 4.79 Å². The summed E-state index contributed by atoms with van der Waals surface area (Å²) in [7, 11) is 0. The van der Waals surface area contributed by atoms with Crippen LogP contribution in [0.25, 0.3) is 5.57 Å². The lowest BCUT2D eigenvalue weighted by atomic mass is 10.1. The van der Waals surface area contributed by atoms with Crippen LogP contribution in [-0.4, -0.2) is 6.29 Å². The number of hydrogen-bond acceptors (Lipinski definition) is 1. The molecule has 0 bridgehead atoms. The molecule has 56 valence electrons. The van der Waals surface area contributed by atoms with Crippen LogP contribution in [-0.2, 0) is 4.79 Å². The van der Waals surface area contributed by atoms with Crippen molar-refractivity contribution in [2.75, 3.05) is 0 Å². The van der Waals surface area contributed by atoms with Gasteiger partial charge < -0.3 is 0 Å². The molecule has 0 aliphatic rings. The van der Waals surface area contributed by atoms with E-state index in [1.54, 1.807) is 6.08 Å². The summed E-state index contributed by atoms with van der Waals surface area (Å²) in [5.74, 6) is 0. The summed E-state index contributed by atoms with van der Waals surface area (Å²) in [6.45, 7) is 1.92. The molecule has 0 heterocycles. The molecule has 0 N–H and O–H groups in total. The van der Waals surface area contributed by atoms with E-state index in [0.29, 0.717) is 0 Å². The summed E-state index contributed by atoms with van der Waals surface area (Å²) in [4.78, 5) is 10.1. The third-order valence-corrected chi connectivity index (χ3v) is 1.55. The third kappa shape index (κ3) is 2.04. The second kappa shape index (κ2) is 3.71. The predicted molar refractivity (Wildman–Crippen MR) is 46.2 cm³/mol. The van der Waals surface area contributed by atoms with Crippen molar-refractivity contribution in [2.45, 2.75) is 6.92 Å². The zero-order valence-corrected chi connectivity index (χ0v) is 6.45. The van der Waals surface area contributed by atoms with E-state index < -0.39 is 0 Å². The van der Waals surface area contributed by atoms with Gasteiger partial charge in [-0.05, 0) is 24.1 Å². The number of rotatable bonds is 2. The Morgan fingerprint density at radius 1 is 1.27 bits per heavy atom. The molecule has 0 saturated heterocycles. The number of aldehydes is 1. The van der Waals surface area contributed by atoms with E-state index in [1.165, 1.54) is 0 Å². The van der Waals surface area contributed by atoms with Crippen molar-refractivity contribution in [3.63, 3.8) is 0 Å². The highest BCUT2D eigenvalue weighted by Crippen LogP contribution is 2.10. The van der Waals surface area contributed by atoms with Crippen LogP contribution >= 0.6 is 0 Å². The molecule has 0 unspecified atom stereocenters. The molecule has 0 fully saturated rings. The Hall–Kier alpha value is -1.37. The van der Waals surface area contributed by atoms with E-state index in [9.17, 15) is 4.79 Å². The van der Waals surface area contributed by atoms with Crippen LogP contribution < -0.4 is 0 Å². The number of carbonyl (C=O) groups is 1. The summed E-state index contributed by atoms with van der Waals surface area (Å²) in [6.07, 6.45) is 2.37. The molecule has 1 nitrogen and oxygen atoms in total. The third-order valence-electron chi connectivity index (χ3n) is 1.55. The first-order chi connectivity index (χ1) is 5.34. The van der Waals surface area contributed by atoms with Crippen molar-refractivity contribution in [2.24, 2.45) is 0 Å². The smallest absolute Gasteiger partial charge is 0.143 e. The SMILES string of the molecule is CC(=CC=O)c1ccccc1. The Balaban J connectivity index is 2.94. The Morgan fingerprint density at radius 3 is 2.45 bits per heavy atom. The van der Waals surface area contributed by atoms with E-state index in [0.717, 1.165) is 17.4 Å². The zero-order valence-electron chi connectivity index (χ0n) is 6.45. The second-order valence-corrected chi connectivity index (χ2v) is 2.35. The summed E-state index contributed by atoms with van der Waals surface area (Å²) >= 11 is 0. The largest absolute Gasteiger partial charge is 0.299 e. The molecule has 1 rings (SSSR count). The number of hydrogen-bond donors (Lipinski definition) is 0. The van der Waals surface area contributed by atoms with Crippen molar-refractivity contribution in [3.8, 4) is 0 Å². The Bertz CT molecular complexity index is 259. The molecule has 0 spiro atoms. The maximum absolute atomic E-state index is 10.1. The maximum Gasteiger partial charge on any atom is 0.143 e. The van der Waals surface area contributed by atoms with Crippen LogP contribution in [0.1, 0.15) is 12.5 Å². The first kappa shape index (κ1) is 7.73. The van der Waals surface area contributed by atoms with E-state index in [-0.39, 0.29) is 0 Å². The fourth-order valence-corrected chi connectivity index (χ4v) is 0.899. The molecule has 0 radical (unpaired) electrons. The molecule has 0 atom stereocenters. The average Bonchev–Trinajstić information content (AvgIpc) is 2.07. The molecule has 1 aromatic rings. The van der Waals surface area contributed by atoms with Crippen LogP contribution in [0.5, 0.6) is 0 Å². The summed E-state index contributed by atoms with van der Waals surface area (Å²) in [5, 5.41) is 0. The van der Waals surface area contributed by atoms with Crippen LogP contribution in [0.4, 0.5) is 0 Å². The lowest BCUT2D eigenvalue weighted by molar-refractivity contribution is -0.104. The highest BCUT2D eigenvalue weighted by molar-refractivity contribution is 5.80. The lowest BCUT2D eigenvalue weighted by Crippen LogP contribution is -1.77. The van der Waals surface area contributed by atoms with Gasteiger partial charge in [-0.15, -0.1) is 0 Å². The molecule has 0 saturated carbocycles. The first-order valence-corrected chi connectivity index (χ1v) is 3.52. The number of allylic oxidation sites excluding steroid dienone is 2. The monoisotopic (exact) mass is 146 g/mol. The van der Waals surface area contributed by atoms with Gasteiger partial charge >= 0.3 is 0 Å². The van der Waals surface area contributed by atoms with E-state index >= 15 is 0 Å². The van der Waals surface area contributed by atoms with Gasteiger partial charge in [0.1, 0.15) is 6.29 Å². The van der Waals surface area contributed by atoms with Crippen LogP contribution in [0.2, 0.25) is 0 Å². The second-order valence-electron chi connectivity index (χ2n) is 2.35. The van der Waals surface area contributed by atoms with Crippen molar-refractivity contribution in [3.05, 3.63) is 42.0 Å².